The second-order valence-electron chi connectivity index (χ2n) is 4.80. The van der Waals surface area contributed by atoms with Gasteiger partial charge in [-0.1, -0.05) is 30.3 Å². The molecule has 112 valence electrons. The van der Waals surface area contributed by atoms with Crippen molar-refractivity contribution < 1.29 is 9.53 Å². The molecular weight excluding hydrogens is 284 g/mol. The summed E-state index contributed by atoms with van der Waals surface area (Å²) in [6, 6.07) is 9.52. The van der Waals surface area contributed by atoms with Gasteiger partial charge in [0.05, 0.1) is 5.01 Å². The molecule has 0 saturated carbocycles. The number of hydrogen-bond acceptors (Lipinski definition) is 4. The van der Waals surface area contributed by atoms with Gasteiger partial charge in [0.25, 0.3) is 5.91 Å². The van der Waals surface area contributed by atoms with Crippen LogP contribution in [-0.2, 0) is 16.0 Å². The Bertz CT molecular complexity index is 569. The molecule has 2 aromatic rings. The van der Waals surface area contributed by atoms with E-state index in [1.165, 1.54) is 0 Å². The number of ether oxygens (including phenoxy) is 1. The van der Waals surface area contributed by atoms with Crippen LogP contribution in [-0.4, -0.2) is 24.5 Å². The Labute approximate surface area is 129 Å². The fourth-order valence-electron chi connectivity index (χ4n) is 2.08. The van der Waals surface area contributed by atoms with Gasteiger partial charge in [-0.15, -0.1) is 11.3 Å². The second-order valence-corrected chi connectivity index (χ2v) is 5.75. The molecule has 0 spiro atoms. The summed E-state index contributed by atoms with van der Waals surface area (Å²) < 4.78 is 5.29. The number of amides is 1. The average molecular weight is 304 g/mol. The number of carbonyl (C=O) groups is 1. The standard InChI is InChI=1S/C16H20N2O2S/c1-12-11-21-14(18-12)9-6-10-17-16(19)15(20-2)13-7-4-3-5-8-13/h3-5,7-8,11,15H,6,9-10H2,1-2H3,(H,17,19)/t15-/m0/s1. The Balaban J connectivity index is 1.78. The predicted molar refractivity (Wildman–Crippen MR) is 84.4 cm³/mol. The minimum absolute atomic E-state index is 0.0981. The SMILES string of the molecule is CO[C@H](C(=O)NCCCc1nc(C)cs1)c1ccccc1. The van der Waals surface area contributed by atoms with Gasteiger partial charge in [0.2, 0.25) is 0 Å². The maximum atomic E-state index is 12.1. The van der Waals surface area contributed by atoms with E-state index < -0.39 is 6.10 Å². The van der Waals surface area contributed by atoms with Crippen molar-refractivity contribution >= 4 is 17.2 Å². The van der Waals surface area contributed by atoms with Crippen molar-refractivity contribution in [1.82, 2.24) is 10.3 Å². The number of rotatable bonds is 7. The molecule has 1 N–H and O–H groups in total. The van der Waals surface area contributed by atoms with Crippen molar-refractivity contribution in [3.05, 3.63) is 52.0 Å². The fraction of sp³-hybridized carbons (Fsp3) is 0.375. The van der Waals surface area contributed by atoms with E-state index in [2.05, 4.69) is 10.3 Å². The van der Waals surface area contributed by atoms with Crippen LogP contribution in [0.5, 0.6) is 0 Å². The van der Waals surface area contributed by atoms with Gasteiger partial charge in [0.15, 0.2) is 6.10 Å². The van der Waals surface area contributed by atoms with E-state index in [4.69, 9.17) is 4.74 Å². The molecule has 0 radical (unpaired) electrons. The number of benzene rings is 1. The van der Waals surface area contributed by atoms with Crippen LogP contribution >= 0.6 is 11.3 Å². The third-order valence-corrected chi connectivity index (χ3v) is 4.14. The summed E-state index contributed by atoms with van der Waals surface area (Å²) in [7, 11) is 1.55. The monoisotopic (exact) mass is 304 g/mol. The smallest absolute Gasteiger partial charge is 0.253 e. The van der Waals surface area contributed by atoms with Crippen molar-refractivity contribution in [2.75, 3.05) is 13.7 Å². The lowest BCUT2D eigenvalue weighted by Gasteiger charge is -2.15. The van der Waals surface area contributed by atoms with E-state index in [1.807, 2.05) is 42.6 Å². The Hall–Kier alpha value is -1.72. The molecule has 2 rings (SSSR count). The first-order valence-electron chi connectivity index (χ1n) is 6.97. The molecule has 1 aromatic carbocycles. The molecule has 1 heterocycles. The molecule has 1 atom stereocenters. The van der Waals surface area contributed by atoms with Crippen molar-refractivity contribution in [1.29, 1.82) is 0 Å². The van der Waals surface area contributed by atoms with Crippen LogP contribution in [0.3, 0.4) is 0 Å². The second kappa shape index (κ2) is 7.90. The number of aromatic nitrogens is 1. The largest absolute Gasteiger partial charge is 0.367 e. The third kappa shape index (κ3) is 4.65. The summed E-state index contributed by atoms with van der Waals surface area (Å²) in [6.45, 7) is 2.62. The van der Waals surface area contributed by atoms with Crippen LogP contribution in [0.25, 0.3) is 0 Å². The fourth-order valence-corrected chi connectivity index (χ4v) is 2.90. The van der Waals surface area contributed by atoms with Crippen LogP contribution in [0.15, 0.2) is 35.7 Å². The maximum absolute atomic E-state index is 12.1. The van der Waals surface area contributed by atoms with Gasteiger partial charge in [-0.3, -0.25) is 4.79 Å². The van der Waals surface area contributed by atoms with Crippen molar-refractivity contribution in [2.45, 2.75) is 25.9 Å². The highest BCUT2D eigenvalue weighted by Crippen LogP contribution is 2.16. The Morgan fingerprint density at radius 1 is 1.38 bits per heavy atom. The highest BCUT2D eigenvalue weighted by Gasteiger charge is 2.18. The summed E-state index contributed by atoms with van der Waals surface area (Å²) in [6.07, 6.45) is 1.22. The van der Waals surface area contributed by atoms with Crippen LogP contribution in [0.2, 0.25) is 0 Å². The topological polar surface area (TPSA) is 51.2 Å². The van der Waals surface area contributed by atoms with Gasteiger partial charge in [-0.25, -0.2) is 4.98 Å². The number of thiazole rings is 1. The molecule has 4 nitrogen and oxygen atoms in total. The summed E-state index contributed by atoms with van der Waals surface area (Å²) in [5.74, 6) is -0.0981. The molecule has 0 fully saturated rings. The Kier molecular flexibility index (Phi) is 5.90. The zero-order valence-electron chi connectivity index (χ0n) is 12.3. The summed E-state index contributed by atoms with van der Waals surface area (Å²) in [4.78, 5) is 16.5. The molecule has 5 heteroatoms. The molecule has 0 aliphatic heterocycles. The van der Waals surface area contributed by atoms with Gasteiger partial charge in [-0.2, -0.15) is 0 Å². The number of aryl methyl sites for hydroxylation is 2. The van der Waals surface area contributed by atoms with Crippen LogP contribution in [0, 0.1) is 6.92 Å². The first-order chi connectivity index (χ1) is 10.2. The normalized spacial score (nSPS) is 12.1. The summed E-state index contributed by atoms with van der Waals surface area (Å²) in [5, 5.41) is 6.09. The van der Waals surface area contributed by atoms with E-state index >= 15 is 0 Å². The molecule has 0 saturated heterocycles. The van der Waals surface area contributed by atoms with E-state index in [0.717, 1.165) is 29.1 Å². The minimum atomic E-state index is -0.548. The van der Waals surface area contributed by atoms with E-state index in [-0.39, 0.29) is 5.91 Å². The third-order valence-electron chi connectivity index (χ3n) is 3.11. The lowest BCUT2D eigenvalue weighted by atomic mass is 10.1. The van der Waals surface area contributed by atoms with Crippen molar-refractivity contribution in [2.24, 2.45) is 0 Å². The number of methoxy groups -OCH3 is 1. The highest BCUT2D eigenvalue weighted by molar-refractivity contribution is 7.09. The van der Waals surface area contributed by atoms with Crippen molar-refractivity contribution in [3.63, 3.8) is 0 Å². The van der Waals surface area contributed by atoms with E-state index in [1.54, 1.807) is 18.4 Å². The Morgan fingerprint density at radius 3 is 2.76 bits per heavy atom. The zero-order valence-corrected chi connectivity index (χ0v) is 13.2. The lowest BCUT2D eigenvalue weighted by Crippen LogP contribution is -2.31. The average Bonchev–Trinajstić information content (AvgIpc) is 2.91. The van der Waals surface area contributed by atoms with Crippen LogP contribution in [0.1, 0.15) is 28.8 Å². The molecule has 1 amide bonds. The molecule has 0 aliphatic carbocycles. The van der Waals surface area contributed by atoms with E-state index in [0.29, 0.717) is 6.54 Å². The van der Waals surface area contributed by atoms with Gasteiger partial charge < -0.3 is 10.1 Å². The van der Waals surface area contributed by atoms with Crippen LogP contribution in [0.4, 0.5) is 0 Å². The molecule has 0 aliphatic rings. The molecule has 1 aromatic heterocycles. The van der Waals surface area contributed by atoms with Gasteiger partial charge in [0.1, 0.15) is 0 Å². The zero-order chi connectivity index (χ0) is 15.1. The van der Waals surface area contributed by atoms with E-state index in [9.17, 15) is 4.79 Å². The Morgan fingerprint density at radius 2 is 2.14 bits per heavy atom. The molecule has 0 bridgehead atoms. The summed E-state index contributed by atoms with van der Waals surface area (Å²) >= 11 is 1.67. The number of hydrogen-bond donors (Lipinski definition) is 1. The first-order valence-corrected chi connectivity index (χ1v) is 7.85. The maximum Gasteiger partial charge on any atom is 0.253 e. The van der Waals surface area contributed by atoms with Gasteiger partial charge >= 0.3 is 0 Å². The molecule has 21 heavy (non-hydrogen) atoms. The minimum Gasteiger partial charge on any atom is -0.367 e. The van der Waals surface area contributed by atoms with Gasteiger partial charge in [0, 0.05) is 31.1 Å². The molecule has 0 unspecified atom stereocenters. The summed E-state index contributed by atoms with van der Waals surface area (Å²) in [5.41, 5.74) is 1.93. The lowest BCUT2D eigenvalue weighted by molar-refractivity contribution is -0.131. The number of nitrogens with one attached hydrogen (secondary N) is 1. The number of carbonyl (C=O) groups excluding carboxylic acids is 1. The van der Waals surface area contributed by atoms with Gasteiger partial charge in [-0.05, 0) is 18.9 Å². The van der Waals surface area contributed by atoms with Crippen LogP contribution < -0.4 is 5.32 Å². The number of nitrogens with zero attached hydrogens (tertiary/aromatic N) is 1. The van der Waals surface area contributed by atoms with Crippen molar-refractivity contribution in [3.8, 4) is 0 Å². The predicted octanol–water partition coefficient (Wildman–Crippen LogP) is 2.89. The molecular formula is C16H20N2O2S. The highest BCUT2D eigenvalue weighted by atomic mass is 32.1. The first kappa shape index (κ1) is 15.7. The quantitative estimate of drug-likeness (QED) is 0.800.